The first kappa shape index (κ1) is 13.0. The Hall–Kier alpha value is -2.05. The minimum Gasteiger partial charge on any atom is -0.396 e. The minimum absolute atomic E-state index is 0.0828. The zero-order valence-electron chi connectivity index (χ0n) is 11.1. The van der Waals surface area contributed by atoms with E-state index in [1.807, 2.05) is 6.92 Å². The maximum Gasteiger partial charge on any atom is 0.185 e. The second-order valence-electron chi connectivity index (χ2n) is 5.23. The molecule has 2 aromatic rings. The largest absolute Gasteiger partial charge is 0.396 e. The van der Waals surface area contributed by atoms with Gasteiger partial charge in [0.1, 0.15) is 11.6 Å². The predicted octanol–water partition coefficient (Wildman–Crippen LogP) is 2.56. The summed E-state index contributed by atoms with van der Waals surface area (Å²) < 4.78 is 28.8. The van der Waals surface area contributed by atoms with Gasteiger partial charge in [0.25, 0.3) is 0 Å². The molecule has 1 aliphatic rings. The first-order chi connectivity index (χ1) is 9.58. The molecule has 20 heavy (non-hydrogen) atoms. The van der Waals surface area contributed by atoms with Gasteiger partial charge in [-0.1, -0.05) is 6.42 Å². The van der Waals surface area contributed by atoms with E-state index in [-0.39, 0.29) is 23.1 Å². The topological polar surface area (TPSA) is 69.6 Å². The summed E-state index contributed by atoms with van der Waals surface area (Å²) in [5, 5.41) is 11.4. The SMILES string of the molecule is CC(C1CCC1)n1nnnc1-c1cc(N)c(F)cc1F. The van der Waals surface area contributed by atoms with Crippen LogP contribution in [0.25, 0.3) is 11.4 Å². The molecule has 3 rings (SSSR count). The van der Waals surface area contributed by atoms with Gasteiger partial charge in [-0.2, -0.15) is 0 Å². The fourth-order valence-corrected chi connectivity index (χ4v) is 2.50. The Balaban J connectivity index is 2.03. The number of rotatable bonds is 3. The number of nitrogen functional groups attached to an aromatic ring is 1. The molecule has 1 aromatic carbocycles. The Morgan fingerprint density at radius 1 is 1.30 bits per heavy atom. The molecule has 0 radical (unpaired) electrons. The van der Waals surface area contributed by atoms with Crippen LogP contribution in [-0.4, -0.2) is 20.2 Å². The van der Waals surface area contributed by atoms with E-state index in [0.717, 1.165) is 18.9 Å². The Morgan fingerprint density at radius 2 is 2.05 bits per heavy atom. The van der Waals surface area contributed by atoms with E-state index >= 15 is 0 Å². The number of nitrogens with two attached hydrogens (primary N) is 1. The molecule has 0 amide bonds. The number of anilines is 1. The van der Waals surface area contributed by atoms with E-state index in [1.165, 1.54) is 12.5 Å². The summed E-state index contributed by atoms with van der Waals surface area (Å²) in [7, 11) is 0. The van der Waals surface area contributed by atoms with Crippen LogP contribution in [0.5, 0.6) is 0 Å². The third kappa shape index (κ3) is 2.03. The van der Waals surface area contributed by atoms with Crippen LogP contribution >= 0.6 is 0 Å². The van der Waals surface area contributed by atoms with Crippen molar-refractivity contribution in [3.63, 3.8) is 0 Å². The summed E-state index contributed by atoms with van der Waals surface area (Å²) in [4.78, 5) is 0. The van der Waals surface area contributed by atoms with Gasteiger partial charge in [-0.25, -0.2) is 13.5 Å². The van der Waals surface area contributed by atoms with E-state index in [0.29, 0.717) is 5.92 Å². The second-order valence-corrected chi connectivity index (χ2v) is 5.23. The lowest BCUT2D eigenvalue weighted by molar-refractivity contribution is 0.210. The van der Waals surface area contributed by atoms with Crippen molar-refractivity contribution in [2.45, 2.75) is 32.2 Å². The van der Waals surface area contributed by atoms with Crippen molar-refractivity contribution in [3.8, 4) is 11.4 Å². The molecule has 106 valence electrons. The quantitative estimate of drug-likeness (QED) is 0.877. The minimum atomic E-state index is -0.780. The van der Waals surface area contributed by atoms with Crippen molar-refractivity contribution in [2.75, 3.05) is 5.73 Å². The highest BCUT2D eigenvalue weighted by Crippen LogP contribution is 2.37. The van der Waals surface area contributed by atoms with Crippen LogP contribution in [0.15, 0.2) is 12.1 Å². The molecule has 0 aliphatic heterocycles. The summed E-state index contributed by atoms with van der Waals surface area (Å²) >= 11 is 0. The van der Waals surface area contributed by atoms with Crippen LogP contribution in [0.3, 0.4) is 0 Å². The maximum absolute atomic E-state index is 13.9. The first-order valence-corrected chi connectivity index (χ1v) is 6.60. The van der Waals surface area contributed by atoms with Crippen molar-refractivity contribution >= 4 is 5.69 Å². The van der Waals surface area contributed by atoms with Gasteiger partial charge in [0.05, 0.1) is 17.3 Å². The van der Waals surface area contributed by atoms with E-state index in [2.05, 4.69) is 15.5 Å². The van der Waals surface area contributed by atoms with Crippen LogP contribution < -0.4 is 5.73 Å². The molecule has 1 heterocycles. The predicted molar refractivity (Wildman–Crippen MR) is 69.6 cm³/mol. The molecule has 5 nitrogen and oxygen atoms in total. The van der Waals surface area contributed by atoms with Crippen molar-refractivity contribution in [3.05, 3.63) is 23.8 Å². The van der Waals surface area contributed by atoms with Crippen molar-refractivity contribution in [2.24, 2.45) is 5.92 Å². The fourth-order valence-electron chi connectivity index (χ4n) is 2.50. The van der Waals surface area contributed by atoms with Gasteiger partial charge >= 0.3 is 0 Å². The molecule has 2 N–H and O–H groups in total. The number of nitrogens with zero attached hydrogens (tertiary/aromatic N) is 4. The number of halogens is 2. The van der Waals surface area contributed by atoms with Crippen LogP contribution in [0, 0.1) is 17.6 Å². The lowest BCUT2D eigenvalue weighted by Crippen LogP contribution is -2.24. The van der Waals surface area contributed by atoms with E-state index in [4.69, 9.17) is 5.73 Å². The fraction of sp³-hybridized carbons (Fsp3) is 0.462. The van der Waals surface area contributed by atoms with Gasteiger partial charge in [-0.05, 0) is 42.2 Å². The molecule has 1 aromatic heterocycles. The molecule has 0 bridgehead atoms. The Kier molecular flexibility index (Phi) is 3.11. The maximum atomic E-state index is 13.9. The van der Waals surface area contributed by atoms with Crippen molar-refractivity contribution < 1.29 is 8.78 Å². The molecular formula is C13H15F2N5. The van der Waals surface area contributed by atoms with Gasteiger partial charge in [-0.15, -0.1) is 5.10 Å². The molecule has 7 heteroatoms. The highest BCUT2D eigenvalue weighted by molar-refractivity contribution is 5.62. The summed E-state index contributed by atoms with van der Waals surface area (Å²) in [5.41, 5.74) is 5.51. The van der Waals surface area contributed by atoms with Crippen molar-refractivity contribution in [1.82, 2.24) is 20.2 Å². The van der Waals surface area contributed by atoms with Crippen LogP contribution in [0.2, 0.25) is 0 Å². The number of tetrazole rings is 1. The lowest BCUT2D eigenvalue weighted by Gasteiger charge is -2.31. The zero-order valence-corrected chi connectivity index (χ0v) is 11.1. The van der Waals surface area contributed by atoms with Crippen LogP contribution in [0.4, 0.5) is 14.5 Å². The van der Waals surface area contributed by atoms with Gasteiger partial charge in [0.15, 0.2) is 5.82 Å². The molecule has 0 saturated heterocycles. The molecule has 0 spiro atoms. The van der Waals surface area contributed by atoms with Crippen LogP contribution in [-0.2, 0) is 0 Å². The highest BCUT2D eigenvalue weighted by Gasteiger charge is 2.28. The summed E-state index contributed by atoms with van der Waals surface area (Å²) in [6.45, 7) is 2.01. The Bertz CT molecular complexity index is 636. The highest BCUT2D eigenvalue weighted by atomic mass is 19.1. The summed E-state index contributed by atoms with van der Waals surface area (Å²) in [6.07, 6.45) is 3.44. The van der Waals surface area contributed by atoms with Gasteiger partial charge in [0.2, 0.25) is 0 Å². The molecule has 1 unspecified atom stereocenters. The Labute approximate surface area is 114 Å². The average Bonchev–Trinajstić information content (AvgIpc) is 2.80. The summed E-state index contributed by atoms with van der Waals surface area (Å²) in [5.74, 6) is -0.711. The second kappa shape index (κ2) is 4.81. The number of hydrogen-bond acceptors (Lipinski definition) is 4. The van der Waals surface area contributed by atoms with E-state index in [9.17, 15) is 8.78 Å². The molecule has 1 saturated carbocycles. The Morgan fingerprint density at radius 3 is 2.70 bits per heavy atom. The number of aromatic nitrogens is 4. The van der Waals surface area contributed by atoms with Gasteiger partial charge < -0.3 is 5.73 Å². The zero-order chi connectivity index (χ0) is 14.3. The number of benzene rings is 1. The van der Waals surface area contributed by atoms with E-state index < -0.39 is 11.6 Å². The van der Waals surface area contributed by atoms with Crippen molar-refractivity contribution in [1.29, 1.82) is 0 Å². The standard InChI is InChI=1S/C13H15F2N5/c1-7(8-3-2-4-8)20-13(17-18-19-20)9-5-12(16)11(15)6-10(9)14/h5-8H,2-4,16H2,1H3. The molecular weight excluding hydrogens is 264 g/mol. The smallest absolute Gasteiger partial charge is 0.185 e. The normalized spacial score (nSPS) is 16.9. The lowest BCUT2D eigenvalue weighted by atomic mass is 9.80. The first-order valence-electron chi connectivity index (χ1n) is 6.60. The van der Waals surface area contributed by atoms with Gasteiger partial charge in [0, 0.05) is 6.07 Å². The van der Waals surface area contributed by atoms with Gasteiger partial charge in [-0.3, -0.25) is 0 Å². The monoisotopic (exact) mass is 279 g/mol. The number of hydrogen-bond donors (Lipinski definition) is 1. The molecule has 1 atom stereocenters. The summed E-state index contributed by atoms with van der Waals surface area (Å²) in [6, 6.07) is 2.08. The molecule has 1 fully saturated rings. The van der Waals surface area contributed by atoms with Crippen LogP contribution in [0.1, 0.15) is 32.2 Å². The van der Waals surface area contributed by atoms with E-state index in [1.54, 1.807) is 4.68 Å². The average molecular weight is 279 g/mol. The third-order valence-electron chi connectivity index (χ3n) is 4.04. The molecule has 1 aliphatic carbocycles. The third-order valence-corrected chi connectivity index (χ3v) is 4.04.